The maximum atomic E-state index is 9.23. The van der Waals surface area contributed by atoms with Crippen molar-refractivity contribution in [2.45, 2.75) is 0 Å². The summed E-state index contributed by atoms with van der Waals surface area (Å²) in [6.07, 6.45) is 0. The van der Waals surface area contributed by atoms with E-state index in [1.54, 1.807) is 30.3 Å². The summed E-state index contributed by atoms with van der Waals surface area (Å²) in [6, 6.07) is 20.5. The molecule has 3 aromatic carbocycles. The molecule has 0 aliphatic heterocycles. The van der Waals surface area contributed by atoms with Crippen LogP contribution in [0.4, 0.5) is 0 Å². The molecule has 0 saturated carbocycles. The molecule has 0 fully saturated rings. The first-order valence-electron chi connectivity index (χ1n) is 6.49. The number of aromatic hydroxyl groups is 1. The van der Waals surface area contributed by atoms with E-state index in [1.165, 1.54) is 0 Å². The van der Waals surface area contributed by atoms with Crippen molar-refractivity contribution >= 4 is 10.8 Å². The smallest absolute Gasteiger partial charge is 0.115 e. The van der Waals surface area contributed by atoms with Gasteiger partial charge in [0.1, 0.15) is 5.75 Å². The molecule has 21 heavy (non-hydrogen) atoms. The minimum atomic E-state index is 0.236. The Morgan fingerprint density at radius 2 is 1.19 bits per heavy atom. The molecular formula is C19H11NO. The number of fused-ring (bicyclic) bond motifs is 1. The first kappa shape index (κ1) is 12.8. The van der Waals surface area contributed by atoms with Crippen molar-refractivity contribution in [2.24, 2.45) is 0 Å². The SMILES string of the molecule is N#Cc1ccc2cc(C#Cc3ccc(O)cc3)ccc2c1. The van der Waals surface area contributed by atoms with E-state index in [0.29, 0.717) is 5.56 Å². The van der Waals surface area contributed by atoms with E-state index in [9.17, 15) is 5.11 Å². The van der Waals surface area contributed by atoms with E-state index >= 15 is 0 Å². The van der Waals surface area contributed by atoms with Gasteiger partial charge in [0.25, 0.3) is 0 Å². The van der Waals surface area contributed by atoms with Crippen LogP contribution in [-0.2, 0) is 0 Å². The van der Waals surface area contributed by atoms with Crippen LogP contribution in [0.25, 0.3) is 10.8 Å². The van der Waals surface area contributed by atoms with Crippen LogP contribution in [0.1, 0.15) is 16.7 Å². The molecular weight excluding hydrogens is 258 g/mol. The molecule has 0 aliphatic rings. The third-order valence-electron chi connectivity index (χ3n) is 3.19. The van der Waals surface area contributed by atoms with Crippen LogP contribution in [0.2, 0.25) is 0 Å². The zero-order valence-electron chi connectivity index (χ0n) is 11.2. The van der Waals surface area contributed by atoms with E-state index in [1.807, 2.05) is 30.3 Å². The zero-order chi connectivity index (χ0) is 14.7. The molecule has 0 saturated heterocycles. The summed E-state index contributed by atoms with van der Waals surface area (Å²) in [7, 11) is 0. The lowest BCUT2D eigenvalue weighted by atomic mass is 10.0. The van der Waals surface area contributed by atoms with Crippen LogP contribution in [0.5, 0.6) is 5.75 Å². The molecule has 0 atom stereocenters. The van der Waals surface area contributed by atoms with Crippen molar-refractivity contribution in [3.63, 3.8) is 0 Å². The second kappa shape index (κ2) is 5.41. The van der Waals surface area contributed by atoms with Gasteiger partial charge in [-0.2, -0.15) is 5.26 Å². The molecule has 2 nitrogen and oxygen atoms in total. The predicted octanol–water partition coefficient (Wildman–Crippen LogP) is 3.82. The maximum absolute atomic E-state index is 9.23. The molecule has 3 rings (SSSR count). The molecule has 2 heteroatoms. The number of nitrogens with zero attached hydrogens (tertiary/aromatic N) is 1. The summed E-state index contributed by atoms with van der Waals surface area (Å²) in [4.78, 5) is 0. The largest absolute Gasteiger partial charge is 0.508 e. The summed E-state index contributed by atoms with van der Waals surface area (Å²) in [5.74, 6) is 6.40. The third kappa shape index (κ3) is 2.86. The predicted molar refractivity (Wildman–Crippen MR) is 82.7 cm³/mol. The highest BCUT2D eigenvalue weighted by atomic mass is 16.3. The van der Waals surface area contributed by atoms with Crippen LogP contribution in [0.15, 0.2) is 60.7 Å². The molecule has 0 unspecified atom stereocenters. The zero-order valence-corrected chi connectivity index (χ0v) is 11.2. The van der Waals surface area contributed by atoms with Crippen molar-refractivity contribution in [3.8, 4) is 23.7 Å². The Labute approximate surface area is 122 Å². The standard InChI is InChI=1S/C19H11NO/c20-13-16-4-8-17-11-15(3-7-18(17)12-16)2-1-14-5-9-19(21)10-6-14/h3-12,21H. The summed E-state index contributed by atoms with van der Waals surface area (Å²) in [5.41, 5.74) is 2.43. The highest BCUT2D eigenvalue weighted by Gasteiger charge is 1.97. The number of phenols is 1. The fraction of sp³-hybridized carbons (Fsp3) is 0. The lowest BCUT2D eigenvalue weighted by Crippen LogP contribution is -1.80. The lowest BCUT2D eigenvalue weighted by molar-refractivity contribution is 0.475. The van der Waals surface area contributed by atoms with Gasteiger partial charge in [-0.3, -0.25) is 0 Å². The van der Waals surface area contributed by atoms with Gasteiger partial charge in [-0.15, -0.1) is 0 Å². The van der Waals surface area contributed by atoms with Gasteiger partial charge >= 0.3 is 0 Å². The van der Waals surface area contributed by atoms with Gasteiger partial charge in [0.15, 0.2) is 0 Å². The Morgan fingerprint density at radius 1 is 0.667 bits per heavy atom. The van der Waals surface area contributed by atoms with Gasteiger partial charge in [-0.1, -0.05) is 24.0 Å². The quantitative estimate of drug-likeness (QED) is 0.630. The lowest BCUT2D eigenvalue weighted by Gasteiger charge is -1.99. The molecule has 0 spiro atoms. The van der Waals surface area contributed by atoms with Gasteiger partial charge in [-0.05, 0) is 59.3 Å². The van der Waals surface area contributed by atoms with E-state index < -0.39 is 0 Å². The summed E-state index contributed by atoms with van der Waals surface area (Å²) in [6.45, 7) is 0. The van der Waals surface area contributed by atoms with Gasteiger partial charge in [0.2, 0.25) is 0 Å². The summed E-state index contributed by atoms with van der Waals surface area (Å²) < 4.78 is 0. The first-order chi connectivity index (χ1) is 10.2. The molecule has 3 aromatic rings. The van der Waals surface area contributed by atoms with Gasteiger partial charge in [0, 0.05) is 11.1 Å². The molecule has 0 aliphatic carbocycles. The first-order valence-corrected chi connectivity index (χ1v) is 6.49. The second-order valence-electron chi connectivity index (χ2n) is 4.69. The van der Waals surface area contributed by atoms with E-state index in [-0.39, 0.29) is 5.75 Å². The molecule has 0 amide bonds. The van der Waals surface area contributed by atoms with E-state index in [0.717, 1.165) is 21.9 Å². The average Bonchev–Trinajstić information content (AvgIpc) is 2.53. The second-order valence-corrected chi connectivity index (χ2v) is 4.69. The number of phenolic OH excluding ortho intramolecular Hbond substituents is 1. The number of rotatable bonds is 0. The van der Waals surface area contributed by atoms with Crippen molar-refractivity contribution < 1.29 is 5.11 Å². The summed E-state index contributed by atoms with van der Waals surface area (Å²) >= 11 is 0. The third-order valence-corrected chi connectivity index (χ3v) is 3.19. The van der Waals surface area contributed by atoms with Gasteiger partial charge < -0.3 is 5.11 Å². The molecule has 1 N–H and O–H groups in total. The van der Waals surface area contributed by atoms with Crippen molar-refractivity contribution in [1.82, 2.24) is 0 Å². The monoisotopic (exact) mass is 269 g/mol. The van der Waals surface area contributed by atoms with Gasteiger partial charge in [-0.25, -0.2) is 0 Å². The number of benzene rings is 3. The van der Waals surface area contributed by atoms with Crippen LogP contribution in [-0.4, -0.2) is 5.11 Å². The topological polar surface area (TPSA) is 44.0 Å². The number of nitriles is 1. The molecule has 0 bridgehead atoms. The fourth-order valence-corrected chi connectivity index (χ4v) is 2.08. The fourth-order valence-electron chi connectivity index (χ4n) is 2.08. The van der Waals surface area contributed by atoms with Crippen molar-refractivity contribution in [3.05, 3.63) is 77.4 Å². The Balaban J connectivity index is 1.95. The molecule has 0 heterocycles. The molecule has 0 radical (unpaired) electrons. The Bertz CT molecular complexity index is 906. The van der Waals surface area contributed by atoms with Crippen LogP contribution in [0.3, 0.4) is 0 Å². The Kier molecular flexibility index (Phi) is 3.29. The van der Waals surface area contributed by atoms with Crippen LogP contribution in [0, 0.1) is 23.2 Å². The molecule has 98 valence electrons. The van der Waals surface area contributed by atoms with E-state index in [2.05, 4.69) is 17.9 Å². The Hall–Kier alpha value is -3.23. The average molecular weight is 269 g/mol. The van der Waals surface area contributed by atoms with Crippen LogP contribution < -0.4 is 0 Å². The van der Waals surface area contributed by atoms with E-state index in [4.69, 9.17) is 5.26 Å². The maximum Gasteiger partial charge on any atom is 0.115 e. The molecule has 0 aromatic heterocycles. The van der Waals surface area contributed by atoms with Gasteiger partial charge in [0.05, 0.1) is 11.6 Å². The highest BCUT2D eigenvalue weighted by molar-refractivity contribution is 5.85. The minimum Gasteiger partial charge on any atom is -0.508 e. The van der Waals surface area contributed by atoms with Crippen molar-refractivity contribution in [2.75, 3.05) is 0 Å². The highest BCUT2D eigenvalue weighted by Crippen LogP contribution is 2.17. The van der Waals surface area contributed by atoms with Crippen LogP contribution >= 0.6 is 0 Å². The summed E-state index contributed by atoms with van der Waals surface area (Å²) in [5, 5.41) is 20.2. The normalized spacial score (nSPS) is 9.67. The minimum absolute atomic E-state index is 0.236. The van der Waals surface area contributed by atoms with Crippen molar-refractivity contribution in [1.29, 1.82) is 5.26 Å². The number of hydrogen-bond acceptors (Lipinski definition) is 2. The number of hydrogen-bond donors (Lipinski definition) is 1. The Morgan fingerprint density at radius 3 is 1.86 bits per heavy atom.